The lowest BCUT2D eigenvalue weighted by Crippen LogP contribution is -2.71. The molecule has 3 aliphatic heterocycles. The lowest BCUT2D eigenvalue weighted by Gasteiger charge is -2.54. The van der Waals surface area contributed by atoms with Crippen LogP contribution in [0.3, 0.4) is 0 Å². The van der Waals surface area contributed by atoms with Gasteiger partial charge in [0.05, 0.1) is 18.1 Å². The second-order valence-corrected chi connectivity index (χ2v) is 15.5. The van der Waals surface area contributed by atoms with Gasteiger partial charge in [0.25, 0.3) is 0 Å². The number of hydrogen-bond donors (Lipinski definition) is 3. The van der Waals surface area contributed by atoms with Crippen LogP contribution in [0.4, 0.5) is 26.1 Å². The molecule has 1 aromatic rings. The van der Waals surface area contributed by atoms with Gasteiger partial charge in [0.2, 0.25) is 17.6 Å². The van der Waals surface area contributed by atoms with Gasteiger partial charge in [-0.05, 0) is 68.7 Å². The third-order valence-corrected chi connectivity index (χ3v) is 7.85. The zero-order valence-electron chi connectivity index (χ0n) is 27.3. The molecule has 2 fully saturated rings. The van der Waals surface area contributed by atoms with Crippen molar-refractivity contribution in [2.75, 3.05) is 23.9 Å². The quantitative estimate of drug-likeness (QED) is 0.180. The summed E-state index contributed by atoms with van der Waals surface area (Å²) in [5.41, 5.74) is -3.04. The minimum Gasteiger partial charge on any atom is -0.444 e. The molecule has 4 rings (SSSR count). The van der Waals surface area contributed by atoms with Crippen LogP contribution in [0.15, 0.2) is 0 Å². The van der Waals surface area contributed by atoms with E-state index in [4.69, 9.17) is 37.3 Å². The number of carbonyl (C=O) groups is 3. The van der Waals surface area contributed by atoms with E-state index in [-0.39, 0.29) is 11.4 Å². The van der Waals surface area contributed by atoms with Gasteiger partial charge in [0, 0.05) is 7.11 Å². The van der Waals surface area contributed by atoms with E-state index in [9.17, 15) is 29.2 Å². The molecule has 1 aromatic heterocycles. The zero-order chi connectivity index (χ0) is 34.6. The molecule has 18 nitrogen and oxygen atoms in total. The van der Waals surface area contributed by atoms with Crippen LogP contribution in [0.25, 0.3) is 0 Å². The van der Waals surface area contributed by atoms with E-state index in [0.29, 0.717) is 0 Å². The molecule has 3 N–H and O–H groups in total. The van der Waals surface area contributed by atoms with Crippen molar-refractivity contribution >= 4 is 37.9 Å². The second kappa shape index (κ2) is 12.2. The standard InChI is InChI=1S/C27H41N4O14P/c1-24(2,3)42-21(32)30-20-28-17-13(18(29-20)41-23(34)44-26(7,8)9)11-14-19(31(17)22(33)43-25(4,5)6)40-15-12-39-46(37,38-10)45-16(15)27(14,35)36/h14-16,19,35-36H,11-12H2,1-10H3,(H,28,29,30,32)/t14-,15-,16+,19-,46?/m1/s1. The molecule has 5 atom stereocenters. The number of amides is 2. The summed E-state index contributed by atoms with van der Waals surface area (Å²) in [5.74, 6) is -5.52. The Kier molecular flexibility index (Phi) is 9.44. The predicted octanol–water partition coefficient (Wildman–Crippen LogP) is 3.63. The smallest absolute Gasteiger partial charge is 0.444 e. The van der Waals surface area contributed by atoms with E-state index >= 15 is 0 Å². The summed E-state index contributed by atoms with van der Waals surface area (Å²) < 4.78 is 55.9. The highest BCUT2D eigenvalue weighted by atomic mass is 31.2. The van der Waals surface area contributed by atoms with Crippen molar-refractivity contribution in [1.82, 2.24) is 9.97 Å². The summed E-state index contributed by atoms with van der Waals surface area (Å²) in [5, 5.41) is 25.4. The number of aromatic nitrogens is 2. The normalized spacial score (nSPS) is 27.3. The van der Waals surface area contributed by atoms with Crippen LogP contribution in [0.1, 0.15) is 67.9 Å². The van der Waals surface area contributed by atoms with E-state index in [1.54, 1.807) is 62.3 Å². The van der Waals surface area contributed by atoms with Gasteiger partial charge >= 0.3 is 26.2 Å². The largest absolute Gasteiger partial charge is 0.515 e. The summed E-state index contributed by atoms with van der Waals surface area (Å²) in [7, 11) is -3.13. The Labute approximate surface area is 265 Å². The van der Waals surface area contributed by atoms with Crippen LogP contribution in [0.5, 0.6) is 5.88 Å². The minimum absolute atomic E-state index is 0.0933. The monoisotopic (exact) mass is 676 g/mol. The lowest BCUT2D eigenvalue weighted by molar-refractivity contribution is -0.340. The Balaban J connectivity index is 1.87. The maximum atomic E-state index is 13.8. The molecule has 2 amide bonds. The van der Waals surface area contributed by atoms with Gasteiger partial charge in [-0.3, -0.25) is 18.9 Å². The van der Waals surface area contributed by atoms with E-state index in [2.05, 4.69) is 15.3 Å². The van der Waals surface area contributed by atoms with Gasteiger partial charge in [0.1, 0.15) is 22.9 Å². The topological polar surface area (TPSA) is 224 Å². The summed E-state index contributed by atoms with van der Waals surface area (Å²) in [6.45, 7) is 14.0. The molecule has 0 aromatic carbocycles. The number of nitrogens with zero attached hydrogens (tertiary/aromatic N) is 3. The van der Waals surface area contributed by atoms with Gasteiger partial charge in [-0.15, -0.1) is 0 Å². The fourth-order valence-corrected chi connectivity index (χ4v) is 5.94. The number of ether oxygens (including phenoxy) is 5. The fraction of sp³-hybridized carbons (Fsp3) is 0.741. The first-order valence-corrected chi connectivity index (χ1v) is 15.8. The Morgan fingerprint density at radius 1 is 0.978 bits per heavy atom. The number of rotatable bonds is 3. The van der Waals surface area contributed by atoms with Crippen molar-refractivity contribution in [2.45, 2.75) is 110 Å². The van der Waals surface area contributed by atoms with Crippen LogP contribution in [0.2, 0.25) is 0 Å². The maximum Gasteiger partial charge on any atom is 0.515 e. The first kappa shape index (κ1) is 35.7. The summed E-state index contributed by atoms with van der Waals surface area (Å²) in [6, 6.07) is 0. The number of hydrogen-bond acceptors (Lipinski definition) is 16. The Morgan fingerprint density at radius 3 is 2.15 bits per heavy atom. The molecule has 0 saturated carbocycles. The summed E-state index contributed by atoms with van der Waals surface area (Å²) in [6.07, 6.45) is -8.06. The van der Waals surface area contributed by atoms with Crippen LogP contribution in [0, 0.1) is 5.92 Å². The average molecular weight is 677 g/mol. The molecule has 0 radical (unpaired) electrons. The molecule has 46 heavy (non-hydrogen) atoms. The maximum absolute atomic E-state index is 13.8. The van der Waals surface area contributed by atoms with Gasteiger partial charge < -0.3 is 33.9 Å². The molecule has 0 spiro atoms. The highest BCUT2D eigenvalue weighted by Crippen LogP contribution is 2.58. The highest BCUT2D eigenvalue weighted by molar-refractivity contribution is 7.48. The summed E-state index contributed by atoms with van der Waals surface area (Å²) in [4.78, 5) is 48.7. The average Bonchev–Trinajstić information content (AvgIpc) is 2.85. The molecule has 4 heterocycles. The first-order chi connectivity index (χ1) is 20.9. The van der Waals surface area contributed by atoms with E-state index < -0.39 is 98.0 Å². The number of phosphoric acid groups is 1. The first-order valence-electron chi connectivity index (χ1n) is 14.3. The lowest BCUT2D eigenvalue weighted by atomic mass is 9.79. The molecule has 2 saturated heterocycles. The van der Waals surface area contributed by atoms with E-state index in [1.807, 2.05) is 0 Å². The van der Waals surface area contributed by atoms with Gasteiger partial charge in [-0.2, -0.15) is 9.97 Å². The Morgan fingerprint density at radius 2 is 1.59 bits per heavy atom. The minimum atomic E-state index is -4.19. The Hall–Kier alpha value is -3.12. The number of nitrogens with one attached hydrogen (secondary N) is 1. The predicted molar refractivity (Wildman–Crippen MR) is 156 cm³/mol. The van der Waals surface area contributed by atoms with Crippen LogP contribution in [-0.2, 0) is 43.5 Å². The van der Waals surface area contributed by atoms with Crippen LogP contribution in [-0.4, -0.2) is 93.3 Å². The van der Waals surface area contributed by atoms with Crippen molar-refractivity contribution in [3.63, 3.8) is 0 Å². The highest BCUT2D eigenvalue weighted by Gasteiger charge is 2.64. The number of fused-ring (bicyclic) bond motifs is 3. The van der Waals surface area contributed by atoms with Crippen molar-refractivity contribution < 1.29 is 66.4 Å². The van der Waals surface area contributed by atoms with Crippen LogP contribution >= 0.6 is 7.82 Å². The number of phosphoric ester groups is 1. The van der Waals surface area contributed by atoms with Gasteiger partial charge in [0.15, 0.2) is 18.1 Å². The molecule has 0 aliphatic carbocycles. The van der Waals surface area contributed by atoms with E-state index in [1.165, 1.54) is 0 Å². The van der Waals surface area contributed by atoms with Crippen LogP contribution < -0.4 is 15.0 Å². The number of carbonyl (C=O) groups excluding carboxylic acids is 3. The molecule has 19 heteroatoms. The Bertz CT molecular complexity index is 1420. The van der Waals surface area contributed by atoms with E-state index in [0.717, 1.165) is 12.0 Å². The third kappa shape index (κ3) is 8.05. The zero-order valence-corrected chi connectivity index (χ0v) is 28.2. The van der Waals surface area contributed by atoms with Gasteiger partial charge in [-0.25, -0.2) is 23.8 Å². The molecule has 258 valence electrons. The SMILES string of the molecule is COP1(=O)OC[C@H]2O[C@@H]3[C@@H](Cc4c(OC(=O)OC(C)(C)C)nc(NC(=O)OC(C)(C)C)nc4N3C(=O)OC(C)(C)C)C(O)(O)[C@H]2O1. The number of aliphatic hydroxyl groups is 2. The van der Waals surface area contributed by atoms with Gasteiger partial charge in [-0.1, -0.05) is 0 Å². The van der Waals surface area contributed by atoms with Crippen molar-refractivity contribution in [3.8, 4) is 5.88 Å². The third-order valence-electron chi connectivity index (χ3n) is 6.45. The van der Waals surface area contributed by atoms with Crippen molar-refractivity contribution in [3.05, 3.63) is 5.56 Å². The molecule has 1 unspecified atom stereocenters. The molecular weight excluding hydrogens is 635 g/mol. The summed E-state index contributed by atoms with van der Waals surface area (Å²) >= 11 is 0. The molecule has 0 bridgehead atoms. The van der Waals surface area contributed by atoms with Crippen molar-refractivity contribution in [2.24, 2.45) is 5.92 Å². The van der Waals surface area contributed by atoms with Crippen molar-refractivity contribution in [1.29, 1.82) is 0 Å². The fourth-order valence-electron chi connectivity index (χ4n) is 4.79. The second-order valence-electron chi connectivity index (χ2n) is 13.8. The molecular formula is C27H41N4O14P. The molecule has 3 aliphatic rings. The number of anilines is 2.